The molecule has 0 aliphatic heterocycles. The first kappa shape index (κ1) is 23.3. The highest BCUT2D eigenvalue weighted by atomic mass is 16.3. The number of fused-ring (bicyclic) bond motifs is 5. The minimum absolute atomic E-state index is 0.143. The number of aliphatic hydroxyl groups excluding tert-OH is 1. The summed E-state index contributed by atoms with van der Waals surface area (Å²) < 4.78 is 0. The largest absolute Gasteiger partial charge is 0.393 e. The van der Waals surface area contributed by atoms with Gasteiger partial charge in [-0.1, -0.05) is 65.5 Å². The molecule has 176 valence electrons. The third kappa shape index (κ3) is 3.81. The summed E-state index contributed by atoms with van der Waals surface area (Å²) in [5, 5.41) is 10.4. The van der Waals surface area contributed by atoms with Crippen molar-refractivity contribution in [1.29, 1.82) is 0 Å². The van der Waals surface area contributed by atoms with E-state index in [4.69, 9.17) is 5.73 Å². The molecule has 9 atom stereocenters. The molecule has 0 aromatic rings. The number of carbonyl (C=O) groups is 1. The number of rotatable bonds is 6. The molecule has 4 aliphatic carbocycles. The first-order valence-corrected chi connectivity index (χ1v) is 13.3. The van der Waals surface area contributed by atoms with Gasteiger partial charge in [-0.05, 0) is 85.9 Å². The van der Waals surface area contributed by atoms with Crippen LogP contribution in [0.4, 0.5) is 0 Å². The van der Waals surface area contributed by atoms with Gasteiger partial charge in [-0.2, -0.15) is 0 Å². The van der Waals surface area contributed by atoms with Crippen molar-refractivity contribution >= 4 is 5.91 Å². The number of carbonyl (C=O) groups excluding carboxylic acids is 1. The Morgan fingerprint density at radius 3 is 2.58 bits per heavy atom. The molecule has 0 saturated heterocycles. The van der Waals surface area contributed by atoms with Gasteiger partial charge in [-0.3, -0.25) is 4.79 Å². The van der Waals surface area contributed by atoms with Crippen molar-refractivity contribution in [3.05, 3.63) is 11.6 Å². The predicted molar refractivity (Wildman–Crippen MR) is 127 cm³/mol. The molecule has 0 heterocycles. The SMILES string of the molecule is CC(C)CCC[C@@H](C)[C@H]1CC[C@H]2[C@@H]3CC=C4C[C@@H](O)CC(C(N)=O)[C@@]4(C)[C@H]3CC[C@]12C. The Bertz CT molecular complexity index is 714. The third-order valence-corrected chi connectivity index (χ3v) is 10.8. The fraction of sp³-hybridized carbons (Fsp3) is 0.893. The van der Waals surface area contributed by atoms with E-state index in [-0.39, 0.29) is 17.2 Å². The summed E-state index contributed by atoms with van der Waals surface area (Å²) in [7, 11) is 0. The highest BCUT2D eigenvalue weighted by molar-refractivity contribution is 5.78. The number of allylic oxidation sites excluding steroid dienone is 1. The smallest absolute Gasteiger partial charge is 0.221 e. The van der Waals surface area contributed by atoms with Gasteiger partial charge >= 0.3 is 0 Å². The van der Waals surface area contributed by atoms with Crippen LogP contribution in [0, 0.1) is 52.3 Å². The maximum absolute atomic E-state index is 12.5. The Kier molecular flexibility index (Phi) is 6.40. The molecule has 1 amide bonds. The molecule has 3 N–H and O–H groups in total. The molecule has 0 aromatic carbocycles. The monoisotopic (exact) mass is 429 g/mol. The second kappa shape index (κ2) is 8.50. The van der Waals surface area contributed by atoms with E-state index in [9.17, 15) is 9.90 Å². The van der Waals surface area contributed by atoms with Crippen LogP contribution in [-0.4, -0.2) is 17.1 Å². The maximum Gasteiger partial charge on any atom is 0.221 e. The lowest BCUT2D eigenvalue weighted by Gasteiger charge is -2.60. The lowest BCUT2D eigenvalue weighted by atomic mass is 9.44. The number of amides is 1. The standard InChI is InChI=1S/C28H47NO2/c1-17(2)7-6-8-18(3)22-11-12-23-21-10-9-19-15-20(30)16-25(26(29)31)28(19,5)24(21)13-14-27(22,23)4/h9,17-18,20-25,30H,6-8,10-16H2,1-5H3,(H2,29,31)/t18-,20-,21+,22-,23+,24+,25?,27-,28-/m1/s1. The summed E-state index contributed by atoms with van der Waals surface area (Å²) in [6, 6.07) is 0. The van der Waals surface area contributed by atoms with Crippen molar-refractivity contribution in [2.24, 2.45) is 58.0 Å². The molecule has 0 radical (unpaired) electrons. The minimum atomic E-state index is -0.412. The zero-order chi connectivity index (χ0) is 22.6. The summed E-state index contributed by atoms with van der Waals surface area (Å²) in [6.45, 7) is 12.1. The van der Waals surface area contributed by atoms with Crippen LogP contribution in [0.5, 0.6) is 0 Å². The van der Waals surface area contributed by atoms with E-state index >= 15 is 0 Å². The van der Waals surface area contributed by atoms with Crippen LogP contribution < -0.4 is 5.73 Å². The molecule has 0 aromatic heterocycles. The fourth-order valence-corrected chi connectivity index (χ4v) is 9.17. The van der Waals surface area contributed by atoms with Crippen LogP contribution in [0.25, 0.3) is 0 Å². The van der Waals surface area contributed by atoms with Crippen molar-refractivity contribution < 1.29 is 9.90 Å². The summed E-state index contributed by atoms with van der Waals surface area (Å²) >= 11 is 0. The van der Waals surface area contributed by atoms with Gasteiger partial charge in [0.15, 0.2) is 0 Å². The lowest BCUT2D eigenvalue weighted by molar-refractivity contribution is -0.135. The van der Waals surface area contributed by atoms with E-state index in [1.807, 2.05) is 0 Å². The van der Waals surface area contributed by atoms with E-state index in [0.29, 0.717) is 23.7 Å². The quantitative estimate of drug-likeness (QED) is 0.501. The molecule has 0 spiro atoms. The molecule has 0 bridgehead atoms. The normalized spacial score (nSPS) is 45.5. The van der Waals surface area contributed by atoms with E-state index < -0.39 is 6.10 Å². The summed E-state index contributed by atoms with van der Waals surface area (Å²) in [5.74, 6) is 4.06. The summed E-state index contributed by atoms with van der Waals surface area (Å²) in [5.41, 5.74) is 7.57. The second-order valence-corrected chi connectivity index (χ2v) is 12.7. The van der Waals surface area contributed by atoms with Gasteiger partial charge in [0.25, 0.3) is 0 Å². The molecule has 4 aliphatic rings. The highest BCUT2D eigenvalue weighted by Gasteiger charge is 2.61. The molecule has 3 saturated carbocycles. The zero-order valence-corrected chi connectivity index (χ0v) is 20.7. The Hall–Kier alpha value is -0.830. The van der Waals surface area contributed by atoms with Crippen LogP contribution in [0.15, 0.2) is 11.6 Å². The topological polar surface area (TPSA) is 63.3 Å². The number of hydrogen-bond acceptors (Lipinski definition) is 2. The predicted octanol–water partition coefficient (Wildman–Crippen LogP) is 6.10. The van der Waals surface area contributed by atoms with Crippen LogP contribution in [-0.2, 0) is 4.79 Å². The zero-order valence-electron chi connectivity index (χ0n) is 20.7. The number of primary amides is 1. The molecule has 31 heavy (non-hydrogen) atoms. The van der Waals surface area contributed by atoms with E-state index in [1.54, 1.807) is 0 Å². The first-order chi connectivity index (χ1) is 14.6. The third-order valence-electron chi connectivity index (χ3n) is 10.8. The van der Waals surface area contributed by atoms with E-state index in [2.05, 4.69) is 40.7 Å². The number of aliphatic hydroxyl groups is 1. The van der Waals surface area contributed by atoms with Gasteiger partial charge in [0.2, 0.25) is 5.91 Å². The molecule has 3 heteroatoms. The second-order valence-electron chi connectivity index (χ2n) is 12.7. The van der Waals surface area contributed by atoms with Crippen LogP contribution >= 0.6 is 0 Å². The van der Waals surface area contributed by atoms with Crippen LogP contribution in [0.3, 0.4) is 0 Å². The number of nitrogens with two attached hydrogens (primary N) is 1. The van der Waals surface area contributed by atoms with Gasteiger partial charge in [0, 0.05) is 11.3 Å². The van der Waals surface area contributed by atoms with Gasteiger partial charge in [-0.15, -0.1) is 0 Å². The minimum Gasteiger partial charge on any atom is -0.393 e. The average Bonchev–Trinajstić information content (AvgIpc) is 3.04. The summed E-state index contributed by atoms with van der Waals surface area (Å²) in [6.07, 6.45) is 13.8. The summed E-state index contributed by atoms with van der Waals surface area (Å²) in [4.78, 5) is 12.5. The molecular formula is C28H47NO2. The lowest BCUT2D eigenvalue weighted by Crippen LogP contribution is -2.56. The van der Waals surface area contributed by atoms with Gasteiger partial charge in [0.1, 0.15) is 0 Å². The average molecular weight is 430 g/mol. The molecule has 4 rings (SSSR count). The Morgan fingerprint density at radius 2 is 1.90 bits per heavy atom. The number of hydrogen-bond donors (Lipinski definition) is 2. The van der Waals surface area contributed by atoms with Crippen LogP contribution in [0.2, 0.25) is 0 Å². The van der Waals surface area contributed by atoms with E-state index in [1.165, 1.54) is 50.5 Å². The first-order valence-electron chi connectivity index (χ1n) is 13.3. The Balaban J connectivity index is 1.56. The van der Waals surface area contributed by atoms with E-state index in [0.717, 1.165) is 36.5 Å². The van der Waals surface area contributed by atoms with Crippen molar-refractivity contribution in [3.8, 4) is 0 Å². The molecule has 3 nitrogen and oxygen atoms in total. The van der Waals surface area contributed by atoms with Crippen LogP contribution in [0.1, 0.15) is 98.8 Å². The molecular weight excluding hydrogens is 382 g/mol. The fourth-order valence-electron chi connectivity index (χ4n) is 9.17. The highest BCUT2D eigenvalue weighted by Crippen LogP contribution is 2.68. The maximum atomic E-state index is 12.5. The molecule has 1 unspecified atom stereocenters. The Labute approximate surface area is 190 Å². The Morgan fingerprint density at radius 1 is 1.16 bits per heavy atom. The van der Waals surface area contributed by atoms with Crippen molar-refractivity contribution in [1.82, 2.24) is 0 Å². The van der Waals surface area contributed by atoms with Crippen molar-refractivity contribution in [2.75, 3.05) is 0 Å². The van der Waals surface area contributed by atoms with Crippen molar-refractivity contribution in [3.63, 3.8) is 0 Å². The molecule has 3 fully saturated rings. The van der Waals surface area contributed by atoms with Gasteiger partial charge in [-0.25, -0.2) is 0 Å². The van der Waals surface area contributed by atoms with Gasteiger partial charge in [0.05, 0.1) is 6.10 Å². The van der Waals surface area contributed by atoms with Crippen molar-refractivity contribution in [2.45, 2.75) is 105 Å². The van der Waals surface area contributed by atoms with Gasteiger partial charge < -0.3 is 10.8 Å².